The number of hydrogen-bond acceptors (Lipinski definition) is 4. The Labute approximate surface area is 91.1 Å². The zero-order valence-electron chi connectivity index (χ0n) is 9.79. The quantitative estimate of drug-likeness (QED) is 0.778. The lowest BCUT2D eigenvalue weighted by atomic mass is 10.1. The van der Waals surface area contributed by atoms with Crippen molar-refractivity contribution in [2.45, 2.75) is 19.4 Å². The van der Waals surface area contributed by atoms with E-state index in [1.165, 1.54) is 0 Å². The highest BCUT2D eigenvalue weighted by atomic mass is 16.5. The molecule has 0 bridgehead atoms. The molecule has 0 aliphatic carbocycles. The van der Waals surface area contributed by atoms with Gasteiger partial charge in [-0.25, -0.2) is 0 Å². The largest absolute Gasteiger partial charge is 0.387 e. The highest BCUT2D eigenvalue weighted by molar-refractivity contribution is 5.54. The van der Waals surface area contributed by atoms with Gasteiger partial charge in [0.1, 0.15) is 0 Å². The second-order valence-electron chi connectivity index (χ2n) is 4.15. The third-order valence-corrected chi connectivity index (χ3v) is 2.01. The van der Waals surface area contributed by atoms with E-state index >= 15 is 0 Å². The molecule has 1 aromatic heterocycles. The predicted octanol–water partition coefficient (Wildman–Crippen LogP) is 1.96. The maximum Gasteiger partial charge on any atom is 0.0687 e. The molecule has 2 N–H and O–H groups in total. The van der Waals surface area contributed by atoms with Crippen LogP contribution in [0.3, 0.4) is 0 Å². The van der Waals surface area contributed by atoms with Gasteiger partial charge in [-0.3, -0.25) is 4.98 Å². The lowest BCUT2D eigenvalue weighted by Gasteiger charge is -2.26. The zero-order chi connectivity index (χ0) is 11.3. The Bertz CT molecular complexity index is 312. The first-order valence-corrected chi connectivity index (χ1v) is 4.97. The molecule has 1 aromatic rings. The van der Waals surface area contributed by atoms with E-state index in [4.69, 9.17) is 4.74 Å². The summed E-state index contributed by atoms with van der Waals surface area (Å²) < 4.78 is 5.14. The first-order chi connectivity index (χ1) is 7.07. The van der Waals surface area contributed by atoms with Gasteiger partial charge in [0.15, 0.2) is 0 Å². The third-order valence-electron chi connectivity index (χ3n) is 2.01. The van der Waals surface area contributed by atoms with Gasteiger partial charge >= 0.3 is 0 Å². The Balaban J connectivity index is 2.71. The van der Waals surface area contributed by atoms with Crippen molar-refractivity contribution in [1.82, 2.24) is 4.98 Å². The van der Waals surface area contributed by atoms with Gasteiger partial charge in [0, 0.05) is 14.2 Å². The molecule has 4 heteroatoms. The van der Waals surface area contributed by atoms with E-state index in [0.717, 1.165) is 11.4 Å². The Morgan fingerprint density at radius 2 is 2.00 bits per heavy atom. The van der Waals surface area contributed by atoms with Gasteiger partial charge in [-0.2, -0.15) is 0 Å². The van der Waals surface area contributed by atoms with E-state index < -0.39 is 0 Å². The van der Waals surface area contributed by atoms with E-state index in [1.807, 2.05) is 13.1 Å². The van der Waals surface area contributed by atoms with Crippen molar-refractivity contribution in [2.75, 3.05) is 31.4 Å². The normalized spacial score (nSPS) is 11.2. The molecule has 0 unspecified atom stereocenters. The van der Waals surface area contributed by atoms with Crippen LogP contribution >= 0.6 is 0 Å². The van der Waals surface area contributed by atoms with Crippen molar-refractivity contribution in [3.63, 3.8) is 0 Å². The molecule has 15 heavy (non-hydrogen) atoms. The standard InChI is InChI=1S/C11H19N3O/c1-11(2,8-15-4)14-10-5-9(12-3)6-13-7-10/h5-7,12,14H,8H2,1-4H3. The molecule has 0 saturated heterocycles. The summed E-state index contributed by atoms with van der Waals surface area (Å²) in [5, 5.41) is 6.42. The molecule has 1 rings (SSSR count). The van der Waals surface area contributed by atoms with Crippen molar-refractivity contribution in [2.24, 2.45) is 0 Å². The summed E-state index contributed by atoms with van der Waals surface area (Å²) in [7, 11) is 3.58. The average molecular weight is 209 g/mol. The molecule has 4 nitrogen and oxygen atoms in total. The second-order valence-corrected chi connectivity index (χ2v) is 4.15. The van der Waals surface area contributed by atoms with Gasteiger partial charge in [-0.15, -0.1) is 0 Å². The van der Waals surface area contributed by atoms with Gasteiger partial charge < -0.3 is 15.4 Å². The van der Waals surface area contributed by atoms with Gasteiger partial charge in [0.2, 0.25) is 0 Å². The van der Waals surface area contributed by atoms with E-state index in [0.29, 0.717) is 6.61 Å². The number of pyridine rings is 1. The van der Waals surface area contributed by atoms with E-state index in [-0.39, 0.29) is 5.54 Å². The molecule has 84 valence electrons. The number of aromatic nitrogens is 1. The fourth-order valence-corrected chi connectivity index (χ4v) is 1.43. The summed E-state index contributed by atoms with van der Waals surface area (Å²) in [5.74, 6) is 0. The molecule has 0 fully saturated rings. The average Bonchev–Trinajstić information content (AvgIpc) is 2.17. The van der Waals surface area contributed by atoms with E-state index in [1.54, 1.807) is 19.5 Å². The van der Waals surface area contributed by atoms with Crippen LogP contribution in [0.5, 0.6) is 0 Å². The molecular weight excluding hydrogens is 190 g/mol. The minimum absolute atomic E-state index is 0.0944. The molecule has 0 amide bonds. The summed E-state index contributed by atoms with van der Waals surface area (Å²) >= 11 is 0. The number of nitrogens with one attached hydrogen (secondary N) is 2. The monoisotopic (exact) mass is 209 g/mol. The van der Waals surface area contributed by atoms with Crippen molar-refractivity contribution in [3.05, 3.63) is 18.5 Å². The van der Waals surface area contributed by atoms with E-state index in [2.05, 4.69) is 29.5 Å². The van der Waals surface area contributed by atoms with Crippen LogP contribution in [0, 0.1) is 0 Å². The topological polar surface area (TPSA) is 46.2 Å². The maximum atomic E-state index is 5.14. The summed E-state index contributed by atoms with van der Waals surface area (Å²) in [6, 6.07) is 2.02. The van der Waals surface area contributed by atoms with Crippen LogP contribution in [0.1, 0.15) is 13.8 Å². The van der Waals surface area contributed by atoms with Crippen LogP contribution in [-0.2, 0) is 4.74 Å². The minimum atomic E-state index is -0.0944. The van der Waals surface area contributed by atoms with Gasteiger partial charge in [0.25, 0.3) is 0 Å². The number of ether oxygens (including phenoxy) is 1. The molecule has 0 spiro atoms. The second kappa shape index (κ2) is 4.98. The lowest BCUT2D eigenvalue weighted by Crippen LogP contribution is -2.35. The molecule has 1 heterocycles. The fraction of sp³-hybridized carbons (Fsp3) is 0.545. The van der Waals surface area contributed by atoms with Crippen LogP contribution < -0.4 is 10.6 Å². The number of hydrogen-bond donors (Lipinski definition) is 2. The van der Waals surface area contributed by atoms with Crippen molar-refractivity contribution >= 4 is 11.4 Å². The van der Waals surface area contributed by atoms with Crippen LogP contribution in [-0.4, -0.2) is 31.3 Å². The number of rotatable bonds is 5. The Kier molecular flexibility index (Phi) is 3.91. The SMILES string of the molecule is CNc1cncc(NC(C)(C)COC)c1. The smallest absolute Gasteiger partial charge is 0.0687 e. The van der Waals surface area contributed by atoms with Crippen LogP contribution in [0.25, 0.3) is 0 Å². The molecule has 0 aliphatic heterocycles. The predicted molar refractivity (Wildman–Crippen MR) is 63.4 cm³/mol. The summed E-state index contributed by atoms with van der Waals surface area (Å²) in [4.78, 5) is 4.13. The third kappa shape index (κ3) is 3.75. The van der Waals surface area contributed by atoms with E-state index in [9.17, 15) is 0 Å². The van der Waals surface area contributed by atoms with Gasteiger partial charge in [0.05, 0.1) is 35.9 Å². The Morgan fingerprint density at radius 1 is 1.33 bits per heavy atom. The Hall–Kier alpha value is -1.29. The minimum Gasteiger partial charge on any atom is -0.387 e. The van der Waals surface area contributed by atoms with Crippen LogP contribution in [0.2, 0.25) is 0 Å². The first kappa shape index (κ1) is 11.8. The van der Waals surface area contributed by atoms with Crippen LogP contribution in [0.15, 0.2) is 18.5 Å². The van der Waals surface area contributed by atoms with Crippen molar-refractivity contribution in [3.8, 4) is 0 Å². The van der Waals surface area contributed by atoms with Crippen molar-refractivity contribution in [1.29, 1.82) is 0 Å². The summed E-state index contributed by atoms with van der Waals surface area (Å²) in [6.45, 7) is 4.82. The fourth-order valence-electron chi connectivity index (χ4n) is 1.43. The maximum absolute atomic E-state index is 5.14. The molecule has 0 atom stereocenters. The molecule has 0 saturated carbocycles. The van der Waals surface area contributed by atoms with Gasteiger partial charge in [-0.05, 0) is 19.9 Å². The first-order valence-electron chi connectivity index (χ1n) is 4.97. The lowest BCUT2D eigenvalue weighted by molar-refractivity contribution is 0.158. The highest BCUT2D eigenvalue weighted by Crippen LogP contribution is 2.17. The highest BCUT2D eigenvalue weighted by Gasteiger charge is 2.16. The Morgan fingerprint density at radius 3 is 2.60 bits per heavy atom. The van der Waals surface area contributed by atoms with Crippen LogP contribution in [0.4, 0.5) is 11.4 Å². The van der Waals surface area contributed by atoms with Crippen molar-refractivity contribution < 1.29 is 4.74 Å². The molecule has 0 radical (unpaired) electrons. The molecular formula is C11H19N3O. The zero-order valence-corrected chi connectivity index (χ0v) is 9.79. The number of anilines is 2. The van der Waals surface area contributed by atoms with Gasteiger partial charge in [-0.1, -0.05) is 0 Å². The molecule has 0 aromatic carbocycles. The summed E-state index contributed by atoms with van der Waals surface area (Å²) in [6.07, 6.45) is 3.59. The number of methoxy groups -OCH3 is 1. The summed E-state index contributed by atoms with van der Waals surface area (Å²) in [5.41, 5.74) is 1.89. The number of nitrogens with zero attached hydrogens (tertiary/aromatic N) is 1. The molecule has 0 aliphatic rings.